The van der Waals surface area contributed by atoms with Crippen molar-refractivity contribution >= 4 is 38.6 Å². The Bertz CT molecular complexity index is 827. The number of benzene rings is 2. The largest absolute Gasteiger partial charge is 0.295 e. The SMILES string of the molecule is Cc1c(F)cccc1-n1c(C(C)Cl)nc2ccc(Br)cc21. The van der Waals surface area contributed by atoms with Crippen LogP contribution in [0.1, 0.15) is 23.7 Å². The van der Waals surface area contributed by atoms with Crippen LogP contribution in [-0.2, 0) is 0 Å². The standard InChI is InChI=1S/C16H13BrClFN2/c1-9-12(19)4-3-5-14(9)21-15-8-11(17)6-7-13(15)20-16(21)10(2)18/h3-8,10H,1-2H3. The minimum atomic E-state index is -0.279. The first-order valence-corrected chi connectivity index (χ1v) is 7.79. The van der Waals surface area contributed by atoms with Crippen molar-refractivity contribution in [3.05, 3.63) is 58.1 Å². The lowest BCUT2D eigenvalue weighted by Crippen LogP contribution is -2.04. The maximum absolute atomic E-state index is 13.9. The summed E-state index contributed by atoms with van der Waals surface area (Å²) in [6, 6.07) is 10.9. The molecule has 5 heteroatoms. The summed E-state index contributed by atoms with van der Waals surface area (Å²) in [5, 5.41) is -0.279. The molecule has 1 atom stereocenters. The molecule has 2 aromatic carbocycles. The molecule has 0 saturated carbocycles. The van der Waals surface area contributed by atoms with Crippen molar-refractivity contribution in [1.29, 1.82) is 0 Å². The van der Waals surface area contributed by atoms with E-state index in [2.05, 4.69) is 20.9 Å². The highest BCUT2D eigenvalue weighted by Crippen LogP contribution is 2.31. The highest BCUT2D eigenvalue weighted by Gasteiger charge is 2.18. The Kier molecular flexibility index (Phi) is 3.76. The van der Waals surface area contributed by atoms with E-state index in [-0.39, 0.29) is 11.2 Å². The smallest absolute Gasteiger partial charge is 0.132 e. The zero-order valence-corrected chi connectivity index (χ0v) is 13.9. The van der Waals surface area contributed by atoms with Gasteiger partial charge in [-0.25, -0.2) is 9.37 Å². The summed E-state index contributed by atoms with van der Waals surface area (Å²) in [5.74, 6) is 0.469. The van der Waals surface area contributed by atoms with Crippen LogP contribution in [0, 0.1) is 12.7 Å². The summed E-state index contributed by atoms with van der Waals surface area (Å²) in [7, 11) is 0. The molecule has 0 radical (unpaired) electrons. The second kappa shape index (κ2) is 5.43. The Morgan fingerprint density at radius 1 is 1.29 bits per heavy atom. The van der Waals surface area contributed by atoms with Gasteiger partial charge in [0.15, 0.2) is 0 Å². The van der Waals surface area contributed by atoms with Gasteiger partial charge in [-0.05, 0) is 44.2 Å². The van der Waals surface area contributed by atoms with E-state index in [4.69, 9.17) is 11.6 Å². The summed E-state index contributed by atoms with van der Waals surface area (Å²) >= 11 is 9.74. The molecule has 0 bridgehead atoms. The number of rotatable bonds is 2. The van der Waals surface area contributed by atoms with E-state index in [9.17, 15) is 4.39 Å². The average molecular weight is 368 g/mol. The second-order valence-electron chi connectivity index (χ2n) is 4.94. The van der Waals surface area contributed by atoms with E-state index >= 15 is 0 Å². The highest BCUT2D eigenvalue weighted by molar-refractivity contribution is 9.10. The first-order valence-electron chi connectivity index (χ1n) is 6.56. The van der Waals surface area contributed by atoms with E-state index in [1.165, 1.54) is 6.07 Å². The summed E-state index contributed by atoms with van der Waals surface area (Å²) in [5.41, 5.74) is 3.08. The number of fused-ring (bicyclic) bond motifs is 1. The summed E-state index contributed by atoms with van der Waals surface area (Å²) < 4.78 is 16.8. The number of halogens is 3. The van der Waals surface area contributed by atoms with Gasteiger partial charge in [0.2, 0.25) is 0 Å². The van der Waals surface area contributed by atoms with Crippen LogP contribution in [-0.4, -0.2) is 9.55 Å². The molecule has 0 fully saturated rings. The number of aromatic nitrogens is 2. The van der Waals surface area contributed by atoms with Crippen LogP contribution in [0.5, 0.6) is 0 Å². The minimum Gasteiger partial charge on any atom is -0.295 e. The molecule has 0 amide bonds. The maximum Gasteiger partial charge on any atom is 0.132 e. The molecule has 0 aliphatic heterocycles. The topological polar surface area (TPSA) is 17.8 Å². The Morgan fingerprint density at radius 2 is 2.05 bits per heavy atom. The van der Waals surface area contributed by atoms with Crippen LogP contribution in [0.2, 0.25) is 0 Å². The highest BCUT2D eigenvalue weighted by atomic mass is 79.9. The third-order valence-electron chi connectivity index (χ3n) is 3.48. The predicted octanol–water partition coefficient (Wildman–Crippen LogP) is 5.54. The Balaban J connectivity index is 2.41. The molecule has 0 aliphatic rings. The Hall–Kier alpha value is -1.39. The zero-order chi connectivity index (χ0) is 15.1. The van der Waals surface area contributed by atoms with Gasteiger partial charge in [0, 0.05) is 10.0 Å². The fourth-order valence-corrected chi connectivity index (χ4v) is 2.92. The van der Waals surface area contributed by atoms with Crippen LogP contribution >= 0.6 is 27.5 Å². The van der Waals surface area contributed by atoms with Gasteiger partial charge in [-0.3, -0.25) is 4.57 Å². The zero-order valence-electron chi connectivity index (χ0n) is 11.6. The lowest BCUT2D eigenvalue weighted by atomic mass is 10.1. The molecule has 1 heterocycles. The quantitative estimate of drug-likeness (QED) is 0.544. The first kappa shape index (κ1) is 14.5. The third kappa shape index (κ3) is 2.47. The molecule has 3 aromatic rings. The summed E-state index contributed by atoms with van der Waals surface area (Å²) in [6.45, 7) is 3.63. The van der Waals surface area contributed by atoms with E-state index in [1.54, 1.807) is 13.0 Å². The lowest BCUT2D eigenvalue weighted by molar-refractivity contribution is 0.616. The van der Waals surface area contributed by atoms with E-state index in [0.717, 1.165) is 21.2 Å². The lowest BCUT2D eigenvalue weighted by Gasteiger charge is -2.13. The number of alkyl halides is 1. The van der Waals surface area contributed by atoms with Crippen molar-refractivity contribution in [2.75, 3.05) is 0 Å². The van der Waals surface area contributed by atoms with E-state index in [0.29, 0.717) is 11.4 Å². The fraction of sp³-hybridized carbons (Fsp3) is 0.188. The van der Waals surface area contributed by atoms with Crippen LogP contribution in [0.25, 0.3) is 16.7 Å². The monoisotopic (exact) mass is 366 g/mol. The molecule has 108 valence electrons. The molecular weight excluding hydrogens is 355 g/mol. The van der Waals surface area contributed by atoms with Gasteiger partial charge in [-0.15, -0.1) is 11.6 Å². The van der Waals surface area contributed by atoms with Crippen LogP contribution < -0.4 is 0 Å². The molecule has 2 nitrogen and oxygen atoms in total. The molecule has 1 unspecified atom stereocenters. The Morgan fingerprint density at radius 3 is 2.76 bits per heavy atom. The predicted molar refractivity (Wildman–Crippen MR) is 87.7 cm³/mol. The van der Waals surface area contributed by atoms with Gasteiger partial charge in [0.25, 0.3) is 0 Å². The molecule has 21 heavy (non-hydrogen) atoms. The molecular formula is C16H13BrClFN2. The van der Waals surface area contributed by atoms with Crippen molar-refractivity contribution in [3.8, 4) is 5.69 Å². The number of imidazole rings is 1. The van der Waals surface area contributed by atoms with Gasteiger partial charge in [0.1, 0.15) is 11.6 Å². The average Bonchev–Trinajstić information content (AvgIpc) is 2.80. The van der Waals surface area contributed by atoms with Crippen LogP contribution in [0.15, 0.2) is 40.9 Å². The second-order valence-corrected chi connectivity index (χ2v) is 6.51. The minimum absolute atomic E-state index is 0.238. The van der Waals surface area contributed by atoms with Gasteiger partial charge in [-0.1, -0.05) is 22.0 Å². The van der Waals surface area contributed by atoms with E-state index in [1.807, 2.05) is 35.8 Å². The molecule has 1 aromatic heterocycles. The molecule has 0 saturated heterocycles. The summed E-state index contributed by atoms with van der Waals surface area (Å²) in [6.07, 6.45) is 0. The molecule has 0 spiro atoms. The molecule has 0 aliphatic carbocycles. The van der Waals surface area contributed by atoms with Crippen molar-refractivity contribution in [2.24, 2.45) is 0 Å². The van der Waals surface area contributed by atoms with Gasteiger partial charge in [-0.2, -0.15) is 0 Å². The van der Waals surface area contributed by atoms with Crippen molar-refractivity contribution in [3.63, 3.8) is 0 Å². The van der Waals surface area contributed by atoms with Crippen molar-refractivity contribution in [1.82, 2.24) is 9.55 Å². The summed E-state index contributed by atoms with van der Waals surface area (Å²) in [4.78, 5) is 4.59. The number of nitrogens with zero attached hydrogens (tertiary/aromatic N) is 2. The van der Waals surface area contributed by atoms with Crippen molar-refractivity contribution < 1.29 is 4.39 Å². The molecule has 3 rings (SSSR count). The normalized spacial score (nSPS) is 12.8. The Labute approximate surface area is 135 Å². The van der Waals surface area contributed by atoms with Crippen LogP contribution in [0.3, 0.4) is 0 Å². The van der Waals surface area contributed by atoms with Gasteiger partial charge >= 0.3 is 0 Å². The van der Waals surface area contributed by atoms with Crippen molar-refractivity contribution in [2.45, 2.75) is 19.2 Å². The number of hydrogen-bond acceptors (Lipinski definition) is 1. The van der Waals surface area contributed by atoms with Gasteiger partial charge in [0.05, 0.1) is 22.1 Å². The maximum atomic E-state index is 13.9. The van der Waals surface area contributed by atoms with Gasteiger partial charge < -0.3 is 0 Å². The van der Waals surface area contributed by atoms with E-state index < -0.39 is 0 Å². The number of hydrogen-bond donors (Lipinski definition) is 0. The first-order chi connectivity index (χ1) is 9.99. The third-order valence-corrected chi connectivity index (χ3v) is 4.17. The van der Waals surface area contributed by atoms with Crippen LogP contribution in [0.4, 0.5) is 4.39 Å². The molecule has 0 N–H and O–H groups in total. The fourth-order valence-electron chi connectivity index (χ4n) is 2.43.